The number of benzene rings is 2. The molecular formula is C21H18N2O4S. The van der Waals surface area contributed by atoms with Gasteiger partial charge in [0.25, 0.3) is 0 Å². The minimum Gasteiger partial charge on any atom is -0.507 e. The minimum atomic E-state index is -0.535. The summed E-state index contributed by atoms with van der Waals surface area (Å²) < 4.78 is 0.611. The summed E-state index contributed by atoms with van der Waals surface area (Å²) in [6.45, 7) is 1.83. The van der Waals surface area contributed by atoms with E-state index in [0.29, 0.717) is 10.2 Å². The van der Waals surface area contributed by atoms with Gasteiger partial charge in [-0.1, -0.05) is 36.3 Å². The van der Waals surface area contributed by atoms with Crippen LogP contribution in [0.1, 0.15) is 57.5 Å². The summed E-state index contributed by atoms with van der Waals surface area (Å²) in [5.74, 6) is -1.43. The van der Waals surface area contributed by atoms with Crippen molar-refractivity contribution >= 4 is 38.3 Å². The molecule has 1 fully saturated rings. The number of ketones is 2. The number of fused-ring (bicyclic) bond motifs is 4. The number of nitrogens with zero attached hydrogens (tertiary/aromatic N) is 2. The van der Waals surface area contributed by atoms with E-state index in [1.807, 2.05) is 0 Å². The van der Waals surface area contributed by atoms with Crippen LogP contribution in [0.15, 0.2) is 24.3 Å². The molecule has 6 nitrogen and oxygen atoms in total. The van der Waals surface area contributed by atoms with Crippen LogP contribution < -0.4 is 4.90 Å². The Morgan fingerprint density at radius 3 is 2.39 bits per heavy atom. The molecule has 1 aliphatic carbocycles. The Morgan fingerprint density at radius 2 is 1.64 bits per heavy atom. The van der Waals surface area contributed by atoms with Crippen molar-refractivity contribution in [2.24, 2.45) is 0 Å². The molecule has 142 valence electrons. The molecule has 0 spiro atoms. The Kier molecular flexibility index (Phi) is 3.87. The number of phenolic OH excluding ortho intramolecular Hbond substituents is 2. The third-order valence-electron chi connectivity index (χ3n) is 5.49. The molecule has 1 aliphatic heterocycles. The van der Waals surface area contributed by atoms with E-state index in [1.165, 1.54) is 42.4 Å². The van der Waals surface area contributed by atoms with E-state index >= 15 is 0 Å². The van der Waals surface area contributed by atoms with Gasteiger partial charge >= 0.3 is 0 Å². The van der Waals surface area contributed by atoms with Crippen molar-refractivity contribution in [2.45, 2.75) is 25.7 Å². The van der Waals surface area contributed by atoms with Crippen LogP contribution in [0.3, 0.4) is 0 Å². The van der Waals surface area contributed by atoms with Gasteiger partial charge in [-0.25, -0.2) is 4.98 Å². The van der Waals surface area contributed by atoms with Gasteiger partial charge in [-0.15, -0.1) is 0 Å². The van der Waals surface area contributed by atoms with Gasteiger partial charge in [0.05, 0.1) is 26.9 Å². The largest absolute Gasteiger partial charge is 0.507 e. The van der Waals surface area contributed by atoms with E-state index in [9.17, 15) is 19.8 Å². The zero-order valence-corrected chi connectivity index (χ0v) is 15.9. The summed E-state index contributed by atoms with van der Waals surface area (Å²) in [4.78, 5) is 33.1. The molecule has 1 aromatic heterocycles. The van der Waals surface area contributed by atoms with Crippen molar-refractivity contribution in [3.05, 3.63) is 46.5 Å². The fraction of sp³-hybridized carbons (Fsp3) is 0.286. The number of phenols is 2. The van der Waals surface area contributed by atoms with E-state index in [1.54, 1.807) is 6.07 Å². The van der Waals surface area contributed by atoms with Gasteiger partial charge in [0, 0.05) is 24.7 Å². The van der Waals surface area contributed by atoms with Crippen LogP contribution in [0.2, 0.25) is 0 Å². The summed E-state index contributed by atoms with van der Waals surface area (Å²) in [5, 5.41) is 21.4. The van der Waals surface area contributed by atoms with E-state index in [0.717, 1.165) is 31.1 Å². The first-order valence-electron chi connectivity index (χ1n) is 9.39. The zero-order chi connectivity index (χ0) is 19.4. The molecule has 0 atom stereocenters. The molecule has 0 amide bonds. The standard InChI is InChI=1S/C21H18N2O4S/c24-13-7-5-6-11-15(13)19(27)16-14(25)10-12-20(17(16)18(11)26)28-21(22-12)23-8-3-1-2-4-9-23/h5-7,10,24-25H,1-4,8-9H2. The lowest BCUT2D eigenvalue weighted by Gasteiger charge is -2.19. The Balaban J connectivity index is 1.72. The predicted molar refractivity (Wildman–Crippen MR) is 107 cm³/mol. The quantitative estimate of drug-likeness (QED) is 0.509. The summed E-state index contributed by atoms with van der Waals surface area (Å²) >= 11 is 1.39. The topological polar surface area (TPSA) is 90.7 Å². The lowest BCUT2D eigenvalue weighted by molar-refractivity contribution is 0.0975. The molecule has 2 aliphatic rings. The van der Waals surface area contributed by atoms with Gasteiger partial charge in [-0.05, 0) is 18.9 Å². The molecule has 0 radical (unpaired) electrons. The molecule has 28 heavy (non-hydrogen) atoms. The maximum atomic E-state index is 13.2. The van der Waals surface area contributed by atoms with E-state index in [-0.39, 0.29) is 39.5 Å². The smallest absolute Gasteiger partial charge is 0.202 e. The van der Waals surface area contributed by atoms with Crippen molar-refractivity contribution in [2.75, 3.05) is 18.0 Å². The van der Waals surface area contributed by atoms with Crippen LogP contribution in [0.25, 0.3) is 10.2 Å². The number of aromatic nitrogens is 1. The molecule has 2 heterocycles. The van der Waals surface area contributed by atoms with Crippen molar-refractivity contribution in [3.63, 3.8) is 0 Å². The highest BCUT2D eigenvalue weighted by Crippen LogP contribution is 2.43. The summed E-state index contributed by atoms with van der Waals surface area (Å²) in [6.07, 6.45) is 4.60. The summed E-state index contributed by atoms with van der Waals surface area (Å²) in [5.41, 5.74) is 0.778. The third kappa shape index (κ3) is 2.43. The van der Waals surface area contributed by atoms with Gasteiger partial charge in [0.15, 0.2) is 10.9 Å². The maximum absolute atomic E-state index is 13.2. The second-order valence-corrected chi connectivity index (χ2v) is 8.23. The minimum absolute atomic E-state index is 0.0439. The highest BCUT2D eigenvalue weighted by molar-refractivity contribution is 7.22. The normalized spacial score (nSPS) is 16.8. The number of anilines is 1. The first-order chi connectivity index (χ1) is 13.6. The molecule has 3 aromatic rings. The van der Waals surface area contributed by atoms with Crippen molar-refractivity contribution in [1.82, 2.24) is 4.98 Å². The fourth-order valence-electron chi connectivity index (χ4n) is 4.11. The SMILES string of the molecule is O=C1c2c(O)cccc2C(=O)c2c1c(O)cc1nc(N3CCCCCC3)sc21. The Morgan fingerprint density at radius 1 is 0.893 bits per heavy atom. The van der Waals surface area contributed by atoms with Gasteiger partial charge < -0.3 is 15.1 Å². The van der Waals surface area contributed by atoms with Crippen LogP contribution in [-0.4, -0.2) is 39.9 Å². The highest BCUT2D eigenvalue weighted by Gasteiger charge is 2.36. The van der Waals surface area contributed by atoms with E-state index < -0.39 is 5.78 Å². The summed E-state index contributed by atoms with van der Waals surface area (Å²) in [7, 11) is 0. The molecule has 5 rings (SSSR count). The van der Waals surface area contributed by atoms with Gasteiger partial charge in [-0.2, -0.15) is 0 Å². The first-order valence-corrected chi connectivity index (χ1v) is 10.2. The maximum Gasteiger partial charge on any atom is 0.202 e. The monoisotopic (exact) mass is 394 g/mol. The number of carbonyl (C=O) groups excluding carboxylic acids is 2. The molecule has 2 aromatic carbocycles. The van der Waals surface area contributed by atoms with Crippen molar-refractivity contribution in [3.8, 4) is 11.5 Å². The number of rotatable bonds is 1. The lowest BCUT2D eigenvalue weighted by atomic mass is 9.83. The van der Waals surface area contributed by atoms with Gasteiger partial charge in [0.2, 0.25) is 5.78 Å². The fourth-order valence-corrected chi connectivity index (χ4v) is 5.26. The van der Waals surface area contributed by atoms with E-state index in [2.05, 4.69) is 9.88 Å². The molecule has 2 N–H and O–H groups in total. The first kappa shape index (κ1) is 17.2. The van der Waals surface area contributed by atoms with Crippen LogP contribution in [0.5, 0.6) is 11.5 Å². The third-order valence-corrected chi connectivity index (χ3v) is 6.64. The highest BCUT2D eigenvalue weighted by atomic mass is 32.1. The second kappa shape index (κ2) is 6.31. The van der Waals surface area contributed by atoms with E-state index in [4.69, 9.17) is 0 Å². The van der Waals surface area contributed by atoms with Crippen LogP contribution in [0, 0.1) is 0 Å². The predicted octanol–water partition coefficient (Wildman–Crippen LogP) is 3.86. The molecule has 0 unspecified atom stereocenters. The average Bonchev–Trinajstić information content (AvgIpc) is 2.91. The molecule has 0 saturated carbocycles. The Labute approximate surface area is 165 Å². The molecular weight excluding hydrogens is 376 g/mol. The van der Waals surface area contributed by atoms with Crippen LogP contribution >= 0.6 is 11.3 Å². The molecule has 7 heteroatoms. The second-order valence-electron chi connectivity index (χ2n) is 7.25. The number of carbonyl (C=O) groups is 2. The number of hydrogen-bond donors (Lipinski definition) is 2. The Hall–Kier alpha value is -2.93. The lowest BCUT2D eigenvalue weighted by Crippen LogP contribution is -2.23. The van der Waals surface area contributed by atoms with Crippen LogP contribution in [0.4, 0.5) is 5.13 Å². The van der Waals surface area contributed by atoms with Crippen molar-refractivity contribution in [1.29, 1.82) is 0 Å². The average molecular weight is 394 g/mol. The van der Waals surface area contributed by atoms with Crippen molar-refractivity contribution < 1.29 is 19.8 Å². The van der Waals surface area contributed by atoms with Gasteiger partial charge in [0.1, 0.15) is 11.5 Å². The number of aromatic hydroxyl groups is 2. The Bertz CT molecular complexity index is 1140. The molecule has 0 bridgehead atoms. The number of thiazole rings is 1. The van der Waals surface area contributed by atoms with Crippen LogP contribution in [-0.2, 0) is 0 Å². The van der Waals surface area contributed by atoms with Gasteiger partial charge in [-0.3, -0.25) is 9.59 Å². The zero-order valence-electron chi connectivity index (χ0n) is 15.1. The summed E-state index contributed by atoms with van der Waals surface area (Å²) in [6, 6.07) is 5.89. The molecule has 1 saturated heterocycles. The number of hydrogen-bond acceptors (Lipinski definition) is 7.